The van der Waals surface area contributed by atoms with Crippen LogP contribution in [-0.2, 0) is 4.79 Å². The van der Waals surface area contributed by atoms with E-state index in [9.17, 15) is 4.79 Å². The van der Waals surface area contributed by atoms with Gasteiger partial charge in [0.15, 0.2) is 5.13 Å². The van der Waals surface area contributed by atoms with Crippen molar-refractivity contribution < 1.29 is 4.79 Å². The minimum Gasteiger partial charge on any atom is -0.298 e. The maximum atomic E-state index is 11.8. The van der Waals surface area contributed by atoms with Crippen molar-refractivity contribution >= 4 is 32.6 Å². The largest absolute Gasteiger partial charge is 0.298 e. The Morgan fingerprint density at radius 1 is 1.50 bits per heavy atom. The third-order valence-electron chi connectivity index (χ3n) is 2.63. The number of allylic oxidation sites excluding steroid dienone is 1. The number of amides is 1. The SMILES string of the molecule is CCC=C(C)C(=O)Nc1nc2ccc(C)cc2s1. The topological polar surface area (TPSA) is 42.0 Å². The summed E-state index contributed by atoms with van der Waals surface area (Å²) in [5, 5.41) is 3.49. The molecule has 0 aliphatic rings. The summed E-state index contributed by atoms with van der Waals surface area (Å²) in [7, 11) is 0. The van der Waals surface area contributed by atoms with Gasteiger partial charge in [-0.25, -0.2) is 4.98 Å². The number of thiazole rings is 1. The van der Waals surface area contributed by atoms with Crippen LogP contribution in [0.4, 0.5) is 5.13 Å². The van der Waals surface area contributed by atoms with Gasteiger partial charge in [-0.3, -0.25) is 10.1 Å². The third kappa shape index (κ3) is 2.76. The van der Waals surface area contributed by atoms with Crippen LogP contribution in [0.1, 0.15) is 25.8 Å². The van der Waals surface area contributed by atoms with Crippen LogP contribution in [0.2, 0.25) is 0 Å². The number of hydrogen-bond acceptors (Lipinski definition) is 3. The number of aromatic nitrogens is 1. The molecule has 0 bridgehead atoms. The van der Waals surface area contributed by atoms with Crippen LogP contribution in [-0.4, -0.2) is 10.9 Å². The zero-order valence-corrected chi connectivity index (χ0v) is 11.6. The van der Waals surface area contributed by atoms with E-state index in [0.717, 1.165) is 22.2 Å². The molecule has 0 unspecified atom stereocenters. The van der Waals surface area contributed by atoms with E-state index in [2.05, 4.69) is 16.4 Å². The molecule has 0 spiro atoms. The number of aryl methyl sites for hydroxylation is 1. The first-order valence-electron chi connectivity index (χ1n) is 5.95. The molecule has 1 N–H and O–H groups in total. The van der Waals surface area contributed by atoms with Crippen LogP contribution in [0.3, 0.4) is 0 Å². The Hall–Kier alpha value is -1.68. The highest BCUT2D eigenvalue weighted by Crippen LogP contribution is 2.26. The van der Waals surface area contributed by atoms with Crippen molar-refractivity contribution in [2.45, 2.75) is 27.2 Å². The molecular weight excluding hydrogens is 244 g/mol. The van der Waals surface area contributed by atoms with Crippen molar-refractivity contribution in [3.8, 4) is 0 Å². The van der Waals surface area contributed by atoms with Gasteiger partial charge in [-0.2, -0.15) is 0 Å². The van der Waals surface area contributed by atoms with E-state index in [1.165, 1.54) is 16.9 Å². The molecule has 3 nitrogen and oxygen atoms in total. The Kier molecular flexibility index (Phi) is 3.77. The number of nitrogens with one attached hydrogen (secondary N) is 1. The molecule has 18 heavy (non-hydrogen) atoms. The maximum Gasteiger partial charge on any atom is 0.252 e. The summed E-state index contributed by atoms with van der Waals surface area (Å²) in [5.41, 5.74) is 2.86. The highest BCUT2D eigenvalue weighted by Gasteiger charge is 2.08. The van der Waals surface area contributed by atoms with Crippen molar-refractivity contribution in [2.24, 2.45) is 0 Å². The first kappa shape index (κ1) is 12.8. The minimum atomic E-state index is -0.0763. The highest BCUT2D eigenvalue weighted by atomic mass is 32.1. The number of hydrogen-bond donors (Lipinski definition) is 1. The lowest BCUT2D eigenvalue weighted by Gasteiger charge is -2.00. The second-order valence-corrected chi connectivity index (χ2v) is 5.27. The van der Waals surface area contributed by atoms with Gasteiger partial charge in [0, 0.05) is 5.57 Å². The number of carbonyl (C=O) groups excluding carboxylic acids is 1. The monoisotopic (exact) mass is 260 g/mol. The molecule has 94 valence electrons. The molecule has 0 saturated heterocycles. The van der Waals surface area contributed by atoms with Crippen LogP contribution < -0.4 is 5.32 Å². The molecule has 0 aliphatic carbocycles. The Bertz CT molecular complexity index is 613. The lowest BCUT2D eigenvalue weighted by Crippen LogP contribution is -2.12. The van der Waals surface area contributed by atoms with E-state index in [1.807, 2.05) is 39.0 Å². The second kappa shape index (κ2) is 5.31. The number of nitrogens with zero attached hydrogens (tertiary/aromatic N) is 1. The standard InChI is InChI=1S/C14H16N2OS/c1-4-5-10(3)13(17)16-14-15-11-7-6-9(2)8-12(11)18-14/h5-8H,4H2,1-3H3,(H,15,16,17). The van der Waals surface area contributed by atoms with E-state index >= 15 is 0 Å². The van der Waals surface area contributed by atoms with Crippen LogP contribution in [0.5, 0.6) is 0 Å². The van der Waals surface area contributed by atoms with Gasteiger partial charge in [0.25, 0.3) is 5.91 Å². The van der Waals surface area contributed by atoms with Crippen LogP contribution in [0.25, 0.3) is 10.2 Å². The minimum absolute atomic E-state index is 0.0763. The van der Waals surface area contributed by atoms with Gasteiger partial charge >= 0.3 is 0 Å². The third-order valence-corrected chi connectivity index (χ3v) is 3.57. The molecule has 2 rings (SSSR count). The van der Waals surface area contributed by atoms with Gasteiger partial charge in [-0.1, -0.05) is 30.4 Å². The predicted octanol–water partition coefficient (Wildman–Crippen LogP) is 3.90. The Balaban J connectivity index is 2.22. The first-order valence-corrected chi connectivity index (χ1v) is 6.77. The summed E-state index contributed by atoms with van der Waals surface area (Å²) in [4.78, 5) is 16.2. The quantitative estimate of drug-likeness (QED) is 0.850. The van der Waals surface area contributed by atoms with Gasteiger partial charge in [-0.15, -0.1) is 0 Å². The molecule has 1 aromatic carbocycles. The summed E-state index contributed by atoms with van der Waals surface area (Å²) >= 11 is 1.50. The number of carbonyl (C=O) groups is 1. The second-order valence-electron chi connectivity index (χ2n) is 4.24. The summed E-state index contributed by atoms with van der Waals surface area (Å²) in [6, 6.07) is 6.08. The zero-order valence-electron chi connectivity index (χ0n) is 10.8. The normalized spacial score (nSPS) is 11.8. The molecule has 0 saturated carbocycles. The van der Waals surface area contributed by atoms with E-state index in [1.54, 1.807) is 0 Å². The summed E-state index contributed by atoms with van der Waals surface area (Å²) in [5.74, 6) is -0.0763. The molecule has 1 heterocycles. The Morgan fingerprint density at radius 2 is 2.28 bits per heavy atom. The number of rotatable bonds is 3. The Labute approximate surface area is 111 Å². The molecule has 0 atom stereocenters. The Morgan fingerprint density at radius 3 is 3.00 bits per heavy atom. The van der Waals surface area contributed by atoms with E-state index in [-0.39, 0.29) is 5.91 Å². The van der Waals surface area contributed by atoms with Gasteiger partial charge in [0.1, 0.15) is 0 Å². The van der Waals surface area contributed by atoms with Crippen LogP contribution in [0.15, 0.2) is 29.8 Å². The lowest BCUT2D eigenvalue weighted by molar-refractivity contribution is -0.112. The van der Waals surface area contributed by atoms with Crippen molar-refractivity contribution in [3.63, 3.8) is 0 Å². The van der Waals surface area contributed by atoms with E-state index in [0.29, 0.717) is 5.13 Å². The molecule has 0 radical (unpaired) electrons. The van der Waals surface area contributed by atoms with Gasteiger partial charge in [0.05, 0.1) is 10.2 Å². The van der Waals surface area contributed by atoms with Gasteiger partial charge in [-0.05, 0) is 38.0 Å². The highest BCUT2D eigenvalue weighted by molar-refractivity contribution is 7.22. The average molecular weight is 260 g/mol. The lowest BCUT2D eigenvalue weighted by atomic mass is 10.2. The van der Waals surface area contributed by atoms with Crippen LogP contribution in [0, 0.1) is 6.92 Å². The van der Waals surface area contributed by atoms with Crippen molar-refractivity contribution in [1.29, 1.82) is 0 Å². The number of fused-ring (bicyclic) bond motifs is 1. The summed E-state index contributed by atoms with van der Waals surface area (Å²) < 4.78 is 1.10. The fourth-order valence-corrected chi connectivity index (χ4v) is 2.64. The van der Waals surface area contributed by atoms with Crippen molar-refractivity contribution in [3.05, 3.63) is 35.4 Å². The molecular formula is C14H16N2OS. The molecule has 1 aromatic heterocycles. The van der Waals surface area contributed by atoms with E-state index in [4.69, 9.17) is 0 Å². The molecule has 0 aliphatic heterocycles. The predicted molar refractivity (Wildman–Crippen MR) is 77.0 cm³/mol. The number of benzene rings is 1. The van der Waals surface area contributed by atoms with Gasteiger partial charge < -0.3 is 0 Å². The number of anilines is 1. The van der Waals surface area contributed by atoms with Crippen LogP contribution >= 0.6 is 11.3 Å². The summed E-state index contributed by atoms with van der Waals surface area (Å²) in [6.07, 6.45) is 2.77. The molecule has 4 heteroatoms. The molecule has 0 fully saturated rings. The fraction of sp³-hybridized carbons (Fsp3) is 0.286. The zero-order chi connectivity index (χ0) is 13.1. The average Bonchev–Trinajstić information content (AvgIpc) is 2.70. The first-order chi connectivity index (χ1) is 8.60. The fourth-order valence-electron chi connectivity index (χ4n) is 1.68. The molecule has 2 aromatic rings. The van der Waals surface area contributed by atoms with Gasteiger partial charge in [0.2, 0.25) is 0 Å². The van der Waals surface area contributed by atoms with E-state index < -0.39 is 0 Å². The molecule has 1 amide bonds. The van der Waals surface area contributed by atoms with Crippen molar-refractivity contribution in [1.82, 2.24) is 4.98 Å². The summed E-state index contributed by atoms with van der Waals surface area (Å²) in [6.45, 7) is 5.87. The van der Waals surface area contributed by atoms with Crippen molar-refractivity contribution in [2.75, 3.05) is 5.32 Å². The maximum absolute atomic E-state index is 11.8. The smallest absolute Gasteiger partial charge is 0.252 e.